The van der Waals surface area contributed by atoms with Gasteiger partial charge in [-0.15, -0.1) is 0 Å². The van der Waals surface area contributed by atoms with E-state index in [9.17, 15) is 14.7 Å². The molecule has 0 saturated heterocycles. The van der Waals surface area contributed by atoms with Crippen LogP contribution in [0.4, 0.5) is 5.69 Å². The third kappa shape index (κ3) is 2.03. The Labute approximate surface area is 116 Å². The van der Waals surface area contributed by atoms with E-state index in [4.69, 9.17) is 4.74 Å². The lowest BCUT2D eigenvalue weighted by atomic mass is 9.69. The second kappa shape index (κ2) is 4.81. The van der Waals surface area contributed by atoms with Gasteiger partial charge in [0.25, 0.3) is 5.91 Å². The molecule has 1 aliphatic heterocycles. The number of amides is 1. The van der Waals surface area contributed by atoms with E-state index in [-0.39, 0.29) is 12.5 Å². The van der Waals surface area contributed by atoms with Gasteiger partial charge < -0.3 is 15.2 Å². The molecule has 1 aliphatic carbocycles. The van der Waals surface area contributed by atoms with Crippen LogP contribution >= 0.6 is 0 Å². The molecular weight excluding hydrogens is 258 g/mol. The predicted octanol–water partition coefficient (Wildman–Crippen LogP) is 2.30. The number of carbonyl (C=O) groups excluding carboxylic acids is 1. The molecule has 2 aliphatic rings. The SMILES string of the molecule is O=C1COc2cc(C3(C(=O)O)CCCCC3)ccc2N1. The van der Waals surface area contributed by atoms with E-state index in [1.54, 1.807) is 18.2 Å². The van der Waals surface area contributed by atoms with Crippen molar-refractivity contribution in [2.45, 2.75) is 37.5 Å². The molecule has 1 amide bonds. The maximum atomic E-state index is 11.8. The Morgan fingerprint density at radius 2 is 2.00 bits per heavy atom. The van der Waals surface area contributed by atoms with Gasteiger partial charge in [0.15, 0.2) is 6.61 Å². The third-order valence-electron chi connectivity index (χ3n) is 4.28. The summed E-state index contributed by atoms with van der Waals surface area (Å²) in [7, 11) is 0. The standard InChI is InChI=1S/C15H17NO4/c17-13-9-20-12-8-10(4-5-11(12)16-13)15(14(18)19)6-2-1-3-7-15/h4-5,8H,1-3,6-7,9H2,(H,16,17)(H,18,19). The smallest absolute Gasteiger partial charge is 0.314 e. The van der Waals surface area contributed by atoms with Crippen LogP contribution in [0.5, 0.6) is 5.75 Å². The lowest BCUT2D eigenvalue weighted by Crippen LogP contribution is -2.38. The summed E-state index contributed by atoms with van der Waals surface area (Å²) >= 11 is 0. The molecular formula is C15H17NO4. The van der Waals surface area contributed by atoms with Crippen molar-refractivity contribution in [3.8, 4) is 5.75 Å². The molecule has 0 unspecified atom stereocenters. The molecule has 0 atom stereocenters. The Kier molecular flexibility index (Phi) is 3.12. The normalized spacial score (nSPS) is 20.5. The summed E-state index contributed by atoms with van der Waals surface area (Å²) in [5.74, 6) is -0.388. The number of nitrogens with one attached hydrogen (secondary N) is 1. The first-order valence-electron chi connectivity index (χ1n) is 6.92. The van der Waals surface area contributed by atoms with Crippen LogP contribution in [-0.4, -0.2) is 23.6 Å². The van der Waals surface area contributed by atoms with Crippen LogP contribution in [0.3, 0.4) is 0 Å². The summed E-state index contributed by atoms with van der Waals surface area (Å²) in [6.45, 7) is -0.0173. The number of carboxylic acid groups (broad SMARTS) is 1. The van der Waals surface area contributed by atoms with Gasteiger partial charge in [0.2, 0.25) is 0 Å². The van der Waals surface area contributed by atoms with Crippen LogP contribution in [0.25, 0.3) is 0 Å². The molecule has 1 aromatic carbocycles. The minimum atomic E-state index is -0.807. The van der Waals surface area contributed by atoms with Crippen LogP contribution in [0, 0.1) is 0 Å². The lowest BCUT2D eigenvalue weighted by molar-refractivity contribution is -0.145. The quantitative estimate of drug-likeness (QED) is 0.868. The number of hydrogen-bond donors (Lipinski definition) is 2. The third-order valence-corrected chi connectivity index (χ3v) is 4.28. The minimum absolute atomic E-state index is 0.0173. The highest BCUT2D eigenvalue weighted by Gasteiger charge is 2.41. The van der Waals surface area contributed by atoms with Crippen molar-refractivity contribution in [2.75, 3.05) is 11.9 Å². The van der Waals surface area contributed by atoms with E-state index in [2.05, 4.69) is 5.32 Å². The van der Waals surface area contributed by atoms with Gasteiger partial charge in [-0.2, -0.15) is 0 Å². The average Bonchev–Trinajstić information content (AvgIpc) is 2.47. The van der Waals surface area contributed by atoms with Gasteiger partial charge >= 0.3 is 5.97 Å². The van der Waals surface area contributed by atoms with E-state index >= 15 is 0 Å². The number of fused-ring (bicyclic) bond motifs is 1. The van der Waals surface area contributed by atoms with Crippen molar-refractivity contribution in [1.82, 2.24) is 0 Å². The summed E-state index contributed by atoms with van der Waals surface area (Å²) in [4.78, 5) is 23.0. The van der Waals surface area contributed by atoms with E-state index in [1.165, 1.54) is 0 Å². The Bertz CT molecular complexity index is 561. The Hall–Kier alpha value is -2.04. The van der Waals surface area contributed by atoms with Crippen molar-refractivity contribution in [3.05, 3.63) is 23.8 Å². The zero-order valence-electron chi connectivity index (χ0n) is 11.1. The summed E-state index contributed by atoms with van der Waals surface area (Å²) in [6, 6.07) is 5.31. The highest BCUT2D eigenvalue weighted by molar-refractivity contribution is 5.95. The molecule has 0 bridgehead atoms. The predicted molar refractivity (Wildman–Crippen MR) is 73.0 cm³/mol. The number of anilines is 1. The van der Waals surface area contributed by atoms with Crippen LogP contribution in [0.2, 0.25) is 0 Å². The van der Waals surface area contributed by atoms with Gasteiger partial charge in [0.05, 0.1) is 11.1 Å². The molecule has 20 heavy (non-hydrogen) atoms. The average molecular weight is 275 g/mol. The summed E-state index contributed by atoms with van der Waals surface area (Å²) in [5.41, 5.74) is 0.582. The Morgan fingerprint density at radius 3 is 2.70 bits per heavy atom. The fraction of sp³-hybridized carbons (Fsp3) is 0.467. The first-order valence-corrected chi connectivity index (χ1v) is 6.92. The van der Waals surface area contributed by atoms with E-state index in [0.29, 0.717) is 24.3 Å². The molecule has 1 saturated carbocycles. The fourth-order valence-electron chi connectivity index (χ4n) is 3.15. The number of aliphatic carboxylic acids is 1. The van der Waals surface area contributed by atoms with Crippen molar-refractivity contribution in [1.29, 1.82) is 0 Å². The molecule has 1 heterocycles. The first kappa shape index (κ1) is 13.0. The van der Waals surface area contributed by atoms with Crippen LogP contribution in [-0.2, 0) is 15.0 Å². The highest BCUT2D eigenvalue weighted by atomic mass is 16.5. The summed E-state index contributed by atoms with van der Waals surface area (Å²) < 4.78 is 5.39. The van der Waals surface area contributed by atoms with E-state index in [1.807, 2.05) is 0 Å². The first-order chi connectivity index (χ1) is 9.62. The van der Waals surface area contributed by atoms with Gasteiger partial charge in [0.1, 0.15) is 5.75 Å². The van der Waals surface area contributed by atoms with Crippen molar-refractivity contribution >= 4 is 17.6 Å². The Balaban J connectivity index is 2.00. The fourth-order valence-corrected chi connectivity index (χ4v) is 3.15. The molecule has 0 aromatic heterocycles. The topological polar surface area (TPSA) is 75.6 Å². The molecule has 5 nitrogen and oxygen atoms in total. The maximum absolute atomic E-state index is 11.8. The second-order valence-corrected chi connectivity index (χ2v) is 5.50. The number of carboxylic acids is 1. The van der Waals surface area contributed by atoms with Crippen molar-refractivity contribution in [2.24, 2.45) is 0 Å². The van der Waals surface area contributed by atoms with Gasteiger partial charge in [-0.3, -0.25) is 9.59 Å². The van der Waals surface area contributed by atoms with Gasteiger partial charge in [-0.05, 0) is 30.5 Å². The molecule has 3 rings (SSSR count). The highest BCUT2D eigenvalue weighted by Crippen LogP contribution is 2.42. The van der Waals surface area contributed by atoms with E-state index < -0.39 is 11.4 Å². The molecule has 5 heteroatoms. The molecule has 0 radical (unpaired) electrons. The number of hydrogen-bond acceptors (Lipinski definition) is 3. The maximum Gasteiger partial charge on any atom is 0.314 e. The largest absolute Gasteiger partial charge is 0.482 e. The van der Waals surface area contributed by atoms with Gasteiger partial charge in [-0.25, -0.2) is 0 Å². The number of ether oxygens (including phenoxy) is 1. The zero-order chi connectivity index (χ0) is 14.2. The second-order valence-electron chi connectivity index (χ2n) is 5.50. The number of carbonyl (C=O) groups is 2. The molecule has 106 valence electrons. The van der Waals surface area contributed by atoms with Gasteiger partial charge in [-0.1, -0.05) is 25.3 Å². The number of rotatable bonds is 2. The number of benzene rings is 1. The Morgan fingerprint density at radius 1 is 1.25 bits per heavy atom. The molecule has 1 aromatic rings. The zero-order valence-corrected chi connectivity index (χ0v) is 11.1. The molecule has 0 spiro atoms. The molecule has 2 N–H and O–H groups in total. The van der Waals surface area contributed by atoms with Crippen LogP contribution in [0.15, 0.2) is 18.2 Å². The molecule has 1 fully saturated rings. The van der Waals surface area contributed by atoms with Crippen LogP contribution < -0.4 is 10.1 Å². The summed E-state index contributed by atoms with van der Waals surface area (Å²) in [5, 5.41) is 12.4. The minimum Gasteiger partial charge on any atom is -0.482 e. The van der Waals surface area contributed by atoms with Crippen molar-refractivity contribution in [3.63, 3.8) is 0 Å². The van der Waals surface area contributed by atoms with E-state index in [0.717, 1.165) is 24.8 Å². The monoisotopic (exact) mass is 275 g/mol. The van der Waals surface area contributed by atoms with Crippen molar-refractivity contribution < 1.29 is 19.4 Å². The lowest BCUT2D eigenvalue weighted by Gasteiger charge is -2.34. The van der Waals surface area contributed by atoms with Crippen LogP contribution in [0.1, 0.15) is 37.7 Å². The van der Waals surface area contributed by atoms with Gasteiger partial charge in [0, 0.05) is 0 Å². The summed E-state index contributed by atoms with van der Waals surface area (Å²) in [6.07, 6.45) is 4.27.